The summed E-state index contributed by atoms with van der Waals surface area (Å²) < 4.78 is 0. The lowest BCUT2D eigenvalue weighted by molar-refractivity contribution is 0.0616. The topological polar surface area (TPSA) is 45.2 Å². The van der Waals surface area contributed by atoms with Crippen LogP contribution < -0.4 is 5.32 Å². The van der Waals surface area contributed by atoms with Crippen LogP contribution in [0.2, 0.25) is 0 Å². The summed E-state index contributed by atoms with van der Waals surface area (Å²) in [6.07, 6.45) is 6.94. The number of amides is 1. The fraction of sp³-hybridized carbons (Fsp3) is 0.583. The second-order valence-corrected chi connectivity index (χ2v) is 10.7. The predicted octanol–water partition coefficient (Wildman–Crippen LogP) is 4.51. The van der Waals surface area contributed by atoms with Crippen molar-refractivity contribution in [3.8, 4) is 0 Å². The first kappa shape index (κ1) is 19.3. The Morgan fingerprint density at radius 3 is 2.72 bits per heavy atom. The van der Waals surface area contributed by atoms with Crippen LogP contribution in [-0.4, -0.2) is 40.0 Å². The maximum absolute atomic E-state index is 13.8. The molecule has 2 saturated heterocycles. The van der Waals surface area contributed by atoms with E-state index in [1.807, 2.05) is 13.8 Å². The van der Waals surface area contributed by atoms with Gasteiger partial charge in [0.05, 0.1) is 10.7 Å². The van der Waals surface area contributed by atoms with E-state index < -0.39 is 0 Å². The number of nitrogens with one attached hydrogen (secondary N) is 1. The summed E-state index contributed by atoms with van der Waals surface area (Å²) in [6.45, 7) is 6.42. The van der Waals surface area contributed by atoms with Gasteiger partial charge in [0.1, 0.15) is 4.88 Å². The van der Waals surface area contributed by atoms with Gasteiger partial charge in [0.25, 0.3) is 5.91 Å². The molecule has 2 aliphatic heterocycles. The summed E-state index contributed by atoms with van der Waals surface area (Å²) in [6, 6.07) is 12.2. The molecule has 3 heterocycles. The van der Waals surface area contributed by atoms with Gasteiger partial charge in [0.15, 0.2) is 0 Å². The smallest absolute Gasteiger partial charge is 0.266 e. The molecule has 2 aromatic rings. The number of aromatic nitrogens is 1. The van der Waals surface area contributed by atoms with E-state index in [9.17, 15) is 4.79 Å². The monoisotopic (exact) mass is 409 g/mol. The third-order valence-electron chi connectivity index (χ3n) is 7.63. The molecule has 3 aliphatic rings. The molecular weight excluding hydrogens is 378 g/mol. The van der Waals surface area contributed by atoms with E-state index in [4.69, 9.17) is 0 Å². The van der Waals surface area contributed by atoms with Gasteiger partial charge in [-0.3, -0.25) is 4.79 Å². The summed E-state index contributed by atoms with van der Waals surface area (Å²) in [5.74, 6) is 0.217. The Morgan fingerprint density at radius 2 is 2.00 bits per heavy atom. The van der Waals surface area contributed by atoms with Crippen LogP contribution in [0.4, 0.5) is 0 Å². The molecule has 0 spiro atoms. The van der Waals surface area contributed by atoms with Crippen molar-refractivity contribution in [1.29, 1.82) is 0 Å². The van der Waals surface area contributed by atoms with Crippen LogP contribution in [0.15, 0.2) is 30.3 Å². The number of rotatable bonds is 3. The summed E-state index contributed by atoms with van der Waals surface area (Å²) in [7, 11) is 0. The molecule has 29 heavy (non-hydrogen) atoms. The van der Waals surface area contributed by atoms with Crippen molar-refractivity contribution in [2.75, 3.05) is 0 Å². The Labute approximate surface area is 177 Å². The van der Waals surface area contributed by atoms with E-state index >= 15 is 0 Å². The molecule has 1 aliphatic carbocycles. The zero-order chi connectivity index (χ0) is 20.2. The number of aryl methyl sites for hydroxylation is 2. The van der Waals surface area contributed by atoms with E-state index in [0.29, 0.717) is 18.1 Å². The Kier molecular flexibility index (Phi) is 4.78. The predicted molar refractivity (Wildman–Crippen MR) is 117 cm³/mol. The minimum Gasteiger partial charge on any atom is -0.330 e. The Hall–Kier alpha value is -1.72. The third kappa shape index (κ3) is 3.14. The number of carbonyl (C=O) groups excluding carboxylic acids is 1. The van der Waals surface area contributed by atoms with Crippen molar-refractivity contribution in [3.05, 3.63) is 51.5 Å². The highest BCUT2D eigenvalue weighted by Crippen LogP contribution is 2.53. The highest BCUT2D eigenvalue weighted by atomic mass is 32.1. The quantitative estimate of drug-likeness (QED) is 0.811. The first-order chi connectivity index (χ1) is 14.0. The third-order valence-corrected chi connectivity index (χ3v) is 8.69. The van der Waals surface area contributed by atoms with E-state index in [1.165, 1.54) is 24.8 Å². The van der Waals surface area contributed by atoms with Gasteiger partial charge in [0, 0.05) is 29.6 Å². The van der Waals surface area contributed by atoms with Crippen molar-refractivity contribution < 1.29 is 4.79 Å². The largest absolute Gasteiger partial charge is 0.330 e. The molecule has 1 aromatic carbocycles. The number of nitrogens with zero attached hydrogens (tertiary/aromatic N) is 2. The Bertz CT molecular complexity index is 910. The number of hydrogen-bond acceptors (Lipinski definition) is 4. The molecule has 1 amide bonds. The molecule has 154 valence electrons. The normalized spacial score (nSPS) is 33.6. The highest BCUT2D eigenvalue weighted by Gasteiger charge is 2.60. The number of fused-ring (bicyclic) bond motifs is 1. The van der Waals surface area contributed by atoms with Crippen LogP contribution in [0.5, 0.6) is 0 Å². The summed E-state index contributed by atoms with van der Waals surface area (Å²) in [4.78, 5) is 21.5. The van der Waals surface area contributed by atoms with Crippen LogP contribution in [0.1, 0.15) is 65.0 Å². The zero-order valence-corrected chi connectivity index (χ0v) is 18.5. The number of thiazole rings is 1. The van der Waals surface area contributed by atoms with Gasteiger partial charge in [-0.15, -0.1) is 11.3 Å². The minimum absolute atomic E-state index is 0.178. The Balaban J connectivity index is 1.53. The van der Waals surface area contributed by atoms with Crippen molar-refractivity contribution in [2.24, 2.45) is 5.41 Å². The summed E-state index contributed by atoms with van der Waals surface area (Å²) in [5, 5.41) is 5.01. The van der Waals surface area contributed by atoms with E-state index in [-0.39, 0.29) is 17.4 Å². The van der Waals surface area contributed by atoms with E-state index in [1.54, 1.807) is 11.3 Å². The lowest BCUT2D eigenvalue weighted by atomic mass is 9.70. The van der Waals surface area contributed by atoms with Gasteiger partial charge in [0.2, 0.25) is 0 Å². The summed E-state index contributed by atoms with van der Waals surface area (Å²) in [5.41, 5.74) is 2.42. The fourth-order valence-electron chi connectivity index (χ4n) is 6.27. The highest BCUT2D eigenvalue weighted by molar-refractivity contribution is 7.13. The number of carbonyl (C=O) groups is 1. The number of benzene rings is 1. The summed E-state index contributed by atoms with van der Waals surface area (Å²) >= 11 is 1.56. The van der Waals surface area contributed by atoms with Crippen LogP contribution in [0.25, 0.3) is 0 Å². The maximum atomic E-state index is 13.8. The van der Waals surface area contributed by atoms with E-state index in [0.717, 1.165) is 34.8 Å². The average molecular weight is 410 g/mol. The molecule has 1 N–H and O–H groups in total. The molecule has 4 nitrogen and oxygen atoms in total. The molecule has 1 saturated carbocycles. The molecule has 5 heteroatoms. The average Bonchev–Trinajstić information content (AvgIpc) is 3.11. The number of piperidine rings is 1. The van der Waals surface area contributed by atoms with Crippen LogP contribution in [0, 0.1) is 19.3 Å². The van der Waals surface area contributed by atoms with Gasteiger partial charge < -0.3 is 10.2 Å². The number of hydrogen-bond donors (Lipinski definition) is 1. The molecule has 5 rings (SSSR count). The second-order valence-electron chi connectivity index (χ2n) is 9.45. The minimum atomic E-state index is 0.178. The first-order valence-electron chi connectivity index (χ1n) is 11.0. The van der Waals surface area contributed by atoms with Crippen molar-refractivity contribution >= 4 is 17.2 Å². The lowest BCUT2D eigenvalue weighted by Gasteiger charge is -2.43. The number of likely N-dealkylation sites (tertiary alicyclic amines) is 1. The standard InChI is InChI=1S/C24H31N3OS/c1-15-22(29-16(2)25-15)23(28)27-19-14-24(3)20(11-7-8-12-21(24)27)26-18(19)13-17-9-5-4-6-10-17/h4-6,9-10,18-21,26H,7-8,11-14H2,1-3H3/t18-,19-,20+,21-,24+/m0/s1. The molecule has 1 aromatic heterocycles. The fourth-order valence-corrected chi connectivity index (χ4v) is 7.14. The first-order valence-corrected chi connectivity index (χ1v) is 11.9. The van der Waals surface area contributed by atoms with Gasteiger partial charge in [-0.2, -0.15) is 0 Å². The van der Waals surface area contributed by atoms with Crippen molar-refractivity contribution in [3.63, 3.8) is 0 Å². The van der Waals surface area contributed by atoms with Crippen molar-refractivity contribution in [1.82, 2.24) is 15.2 Å². The van der Waals surface area contributed by atoms with E-state index in [2.05, 4.69) is 52.5 Å². The molecular formula is C24H31N3OS. The molecule has 0 radical (unpaired) electrons. The van der Waals surface area contributed by atoms with Crippen LogP contribution in [0.3, 0.4) is 0 Å². The zero-order valence-electron chi connectivity index (χ0n) is 17.6. The molecule has 0 unspecified atom stereocenters. The van der Waals surface area contributed by atoms with Gasteiger partial charge in [-0.1, -0.05) is 50.1 Å². The molecule has 5 atom stereocenters. The lowest BCUT2D eigenvalue weighted by Crippen LogP contribution is -2.57. The van der Waals surface area contributed by atoms with Gasteiger partial charge in [-0.05, 0) is 45.1 Å². The maximum Gasteiger partial charge on any atom is 0.266 e. The molecule has 3 fully saturated rings. The SMILES string of the molecule is Cc1nc(C)c(C(=O)N2[C@H]3CCCC[C@H]4N[C@@H](Cc5ccccc5)[C@@H]2C[C@@]34C)s1. The second kappa shape index (κ2) is 7.21. The van der Waals surface area contributed by atoms with Crippen molar-refractivity contribution in [2.45, 2.75) is 83.5 Å². The van der Waals surface area contributed by atoms with Crippen LogP contribution >= 0.6 is 11.3 Å². The van der Waals surface area contributed by atoms with Gasteiger partial charge >= 0.3 is 0 Å². The Morgan fingerprint density at radius 1 is 1.24 bits per heavy atom. The molecule has 2 bridgehead atoms. The van der Waals surface area contributed by atoms with Gasteiger partial charge in [-0.25, -0.2) is 4.98 Å². The van der Waals surface area contributed by atoms with Crippen LogP contribution in [-0.2, 0) is 6.42 Å².